The Morgan fingerprint density at radius 3 is 2.08 bits per heavy atom. The minimum absolute atomic E-state index is 0.320. The fourth-order valence-electron chi connectivity index (χ4n) is 4.05. The van der Waals surface area contributed by atoms with Crippen LogP contribution in [0.1, 0.15) is 97.9 Å². The van der Waals surface area contributed by atoms with Crippen molar-refractivity contribution in [3.05, 3.63) is 34.9 Å². The van der Waals surface area contributed by atoms with Crippen molar-refractivity contribution in [2.24, 2.45) is 5.92 Å². The molecule has 0 aromatic heterocycles. The Morgan fingerprint density at radius 1 is 1.00 bits per heavy atom. The summed E-state index contributed by atoms with van der Waals surface area (Å²) in [5, 5.41) is 15.7. The molecule has 0 fully saturated rings. The number of aliphatic hydroxyl groups excluding tert-OH is 1. The van der Waals surface area contributed by atoms with Crippen molar-refractivity contribution in [2.45, 2.75) is 118 Å². The number of nitrogens with zero attached hydrogens (tertiary/aromatic N) is 1. The van der Waals surface area contributed by atoms with Gasteiger partial charge in [0.1, 0.15) is 17.7 Å². The van der Waals surface area contributed by atoms with Gasteiger partial charge in [0.2, 0.25) is 11.8 Å². The van der Waals surface area contributed by atoms with Gasteiger partial charge in [-0.05, 0) is 97.8 Å². The lowest BCUT2D eigenvalue weighted by atomic mass is 9.92. The van der Waals surface area contributed by atoms with Crippen molar-refractivity contribution >= 4 is 17.9 Å². The van der Waals surface area contributed by atoms with Crippen LogP contribution >= 0.6 is 0 Å². The van der Waals surface area contributed by atoms with E-state index in [-0.39, 0.29) is 11.9 Å². The first-order valence-electron chi connectivity index (χ1n) is 13.2. The Hall–Kier alpha value is -2.61. The maximum Gasteiger partial charge on any atom is 0.408 e. The summed E-state index contributed by atoms with van der Waals surface area (Å²) in [4.78, 5) is 41.9. The number of aliphatic hydroxyl groups is 1. The van der Waals surface area contributed by atoms with Crippen LogP contribution in [0, 0.1) is 19.8 Å². The third-order valence-electron chi connectivity index (χ3n) is 6.03. The molecule has 1 rings (SSSR count). The fraction of sp³-hybridized carbons (Fsp3) is 0.690. The van der Waals surface area contributed by atoms with Crippen molar-refractivity contribution in [3.63, 3.8) is 0 Å². The van der Waals surface area contributed by atoms with Crippen LogP contribution in [0.25, 0.3) is 0 Å². The van der Waals surface area contributed by atoms with Crippen LogP contribution in [0.15, 0.2) is 18.2 Å². The van der Waals surface area contributed by atoms with Crippen LogP contribution in [-0.4, -0.2) is 57.7 Å². The van der Waals surface area contributed by atoms with Crippen LogP contribution in [0.5, 0.6) is 0 Å². The Labute approximate surface area is 223 Å². The topological polar surface area (TPSA) is 108 Å². The minimum atomic E-state index is -1.27. The average Bonchev–Trinajstić information content (AvgIpc) is 2.73. The number of amides is 3. The van der Waals surface area contributed by atoms with E-state index in [0.717, 1.165) is 17.5 Å². The van der Waals surface area contributed by atoms with Crippen molar-refractivity contribution < 1.29 is 24.2 Å². The number of hydrogen-bond acceptors (Lipinski definition) is 5. The Bertz CT molecular complexity index is 930. The molecule has 0 saturated carbocycles. The van der Waals surface area contributed by atoms with Gasteiger partial charge in [-0.1, -0.05) is 32.0 Å². The van der Waals surface area contributed by atoms with Gasteiger partial charge in [0, 0.05) is 11.6 Å². The molecule has 8 nitrogen and oxygen atoms in total. The molecule has 37 heavy (non-hydrogen) atoms. The van der Waals surface area contributed by atoms with Gasteiger partial charge < -0.3 is 25.4 Å². The molecule has 8 heteroatoms. The van der Waals surface area contributed by atoms with Gasteiger partial charge >= 0.3 is 6.09 Å². The highest BCUT2D eigenvalue weighted by atomic mass is 16.6. The third kappa shape index (κ3) is 10.3. The molecule has 3 unspecified atom stereocenters. The minimum Gasteiger partial charge on any atom is -0.444 e. The van der Waals surface area contributed by atoms with Crippen LogP contribution in [-0.2, 0) is 14.3 Å². The molecule has 1 aromatic rings. The molecule has 0 spiro atoms. The Morgan fingerprint density at radius 2 is 1.59 bits per heavy atom. The summed E-state index contributed by atoms with van der Waals surface area (Å²) in [5.74, 6) is -0.463. The number of carbonyl (C=O) groups is 3. The second-order valence-corrected chi connectivity index (χ2v) is 12.4. The fourth-order valence-corrected chi connectivity index (χ4v) is 4.05. The summed E-state index contributed by atoms with van der Waals surface area (Å²) in [6.45, 7) is 20.2. The summed E-state index contributed by atoms with van der Waals surface area (Å²) in [6.07, 6.45) is 0.685. The zero-order valence-corrected chi connectivity index (χ0v) is 24.7. The summed E-state index contributed by atoms with van der Waals surface area (Å²) in [7, 11) is 0. The molecule has 3 amide bonds. The van der Waals surface area contributed by atoms with Crippen LogP contribution in [0.3, 0.4) is 0 Å². The zero-order valence-electron chi connectivity index (χ0n) is 24.7. The first-order chi connectivity index (χ1) is 16.9. The van der Waals surface area contributed by atoms with Gasteiger partial charge in [-0.25, -0.2) is 4.79 Å². The molecule has 3 atom stereocenters. The van der Waals surface area contributed by atoms with Crippen molar-refractivity contribution in [2.75, 3.05) is 6.61 Å². The van der Waals surface area contributed by atoms with Gasteiger partial charge in [-0.3, -0.25) is 9.59 Å². The number of alkyl carbamates (subject to hydrolysis) is 1. The van der Waals surface area contributed by atoms with E-state index >= 15 is 0 Å². The largest absolute Gasteiger partial charge is 0.444 e. The molecule has 0 heterocycles. The third-order valence-corrected chi connectivity index (χ3v) is 6.03. The molecular formula is C29H49N3O5. The van der Waals surface area contributed by atoms with Crippen LogP contribution in [0.2, 0.25) is 0 Å². The lowest BCUT2D eigenvalue weighted by Crippen LogP contribution is -2.58. The number of rotatable bonds is 10. The quantitative estimate of drug-likeness (QED) is 0.412. The number of ether oxygens (including phenoxy) is 1. The highest BCUT2D eigenvalue weighted by Crippen LogP contribution is 2.31. The maximum absolute atomic E-state index is 14.1. The Kier molecular flexibility index (Phi) is 11.6. The van der Waals surface area contributed by atoms with Crippen molar-refractivity contribution in [1.82, 2.24) is 15.5 Å². The summed E-state index contributed by atoms with van der Waals surface area (Å²) < 4.78 is 5.32. The second kappa shape index (κ2) is 13.3. The molecule has 0 aliphatic carbocycles. The molecule has 1 aromatic carbocycles. The zero-order chi connectivity index (χ0) is 28.7. The average molecular weight is 520 g/mol. The van der Waals surface area contributed by atoms with E-state index < -0.39 is 41.8 Å². The van der Waals surface area contributed by atoms with Gasteiger partial charge in [-0.2, -0.15) is 0 Å². The highest BCUT2D eigenvalue weighted by Gasteiger charge is 2.40. The number of nitrogens with one attached hydrogen (secondary N) is 2. The lowest BCUT2D eigenvalue weighted by Gasteiger charge is -2.40. The maximum atomic E-state index is 14.1. The second-order valence-electron chi connectivity index (χ2n) is 12.4. The summed E-state index contributed by atoms with van der Waals surface area (Å²) >= 11 is 0. The monoisotopic (exact) mass is 519 g/mol. The van der Waals surface area contributed by atoms with E-state index in [9.17, 15) is 19.5 Å². The lowest BCUT2D eigenvalue weighted by molar-refractivity contribution is -0.146. The Balaban J connectivity index is 3.65. The van der Waals surface area contributed by atoms with Gasteiger partial charge in [0.05, 0.1) is 6.61 Å². The summed E-state index contributed by atoms with van der Waals surface area (Å²) in [5.41, 5.74) is 1.31. The van der Waals surface area contributed by atoms with E-state index in [0.29, 0.717) is 17.9 Å². The molecule has 210 valence electrons. The van der Waals surface area contributed by atoms with E-state index in [1.807, 2.05) is 59.7 Å². The first-order valence-corrected chi connectivity index (χ1v) is 13.2. The normalized spacial score (nSPS) is 14.5. The van der Waals surface area contributed by atoms with E-state index in [1.54, 1.807) is 20.8 Å². The van der Waals surface area contributed by atoms with E-state index in [2.05, 4.69) is 24.5 Å². The molecular weight excluding hydrogens is 470 g/mol. The first kappa shape index (κ1) is 32.4. The van der Waals surface area contributed by atoms with Gasteiger partial charge in [0.15, 0.2) is 0 Å². The number of benzene rings is 1. The number of hydrogen-bond donors (Lipinski definition) is 3. The van der Waals surface area contributed by atoms with Gasteiger partial charge in [-0.15, -0.1) is 0 Å². The van der Waals surface area contributed by atoms with Gasteiger partial charge in [0.25, 0.3) is 0 Å². The summed E-state index contributed by atoms with van der Waals surface area (Å²) in [6, 6.07) is 3.13. The smallest absolute Gasteiger partial charge is 0.408 e. The predicted molar refractivity (Wildman–Crippen MR) is 147 cm³/mol. The van der Waals surface area contributed by atoms with Crippen LogP contribution in [0.4, 0.5) is 4.79 Å². The highest BCUT2D eigenvalue weighted by molar-refractivity contribution is 5.93. The standard InChI is InChI=1S/C29H49N3O5/c1-18(2)15-16-20(4)32(26(35)23(17-33)30-27(36)37-29(9,10)11)24(25(34)31-28(6,7)8)22-14-12-13-19(3)21(22)5/h12-14,18,20,23-24,33H,15-17H2,1-11H3,(H,30,36)(H,31,34). The van der Waals surface area contributed by atoms with E-state index in [4.69, 9.17) is 4.74 Å². The van der Waals surface area contributed by atoms with Crippen molar-refractivity contribution in [1.29, 1.82) is 0 Å². The van der Waals surface area contributed by atoms with E-state index in [1.165, 1.54) is 4.90 Å². The van der Waals surface area contributed by atoms with Crippen LogP contribution < -0.4 is 10.6 Å². The molecule has 0 saturated heterocycles. The predicted octanol–water partition coefficient (Wildman–Crippen LogP) is 4.80. The van der Waals surface area contributed by atoms with Crippen molar-refractivity contribution in [3.8, 4) is 0 Å². The SMILES string of the molecule is Cc1cccc(C(C(=O)NC(C)(C)C)N(C(=O)C(CO)NC(=O)OC(C)(C)C)C(C)CCC(C)C)c1C. The molecule has 0 bridgehead atoms. The number of aryl methyl sites for hydroxylation is 1. The molecule has 0 aliphatic rings. The molecule has 3 N–H and O–H groups in total. The molecule has 0 radical (unpaired) electrons. The molecule has 0 aliphatic heterocycles. The number of carbonyl (C=O) groups excluding carboxylic acids is 3.